The molecule has 3 aromatic rings. The van der Waals surface area contributed by atoms with Gasteiger partial charge in [0.2, 0.25) is 0 Å². The molecule has 0 amide bonds. The van der Waals surface area contributed by atoms with Gasteiger partial charge >= 0.3 is 47.6 Å². The molecule has 0 unspecified atom stereocenters. The van der Waals surface area contributed by atoms with E-state index in [4.69, 9.17) is 0 Å². The lowest BCUT2D eigenvalue weighted by Gasteiger charge is -2.42. The topological polar surface area (TPSA) is 0 Å². The lowest BCUT2D eigenvalue weighted by atomic mass is 9.87. The van der Waals surface area contributed by atoms with Crippen LogP contribution in [-0.4, -0.2) is 41.7 Å². The smallest absolute Gasteiger partial charge is 0.194 e. The van der Waals surface area contributed by atoms with Gasteiger partial charge in [-0.05, 0) is 43.7 Å². The number of rotatable bonds is 10. The van der Waals surface area contributed by atoms with Gasteiger partial charge in [-0.25, -0.2) is 0 Å². The Balaban J connectivity index is 2.19. The monoisotopic (exact) mass is 708 g/mol. The molecule has 0 aliphatic heterocycles. The molecular formula is C28H18F17P. The Hall–Kier alpha value is -3.10. The average Bonchev–Trinajstić information content (AvgIpc) is 2.92. The van der Waals surface area contributed by atoms with Crippen LogP contribution in [0.3, 0.4) is 0 Å². The molecule has 0 heterocycles. The van der Waals surface area contributed by atoms with E-state index in [0.29, 0.717) is 27.8 Å². The summed E-state index contributed by atoms with van der Waals surface area (Å²) in [5.74, 6) is -56.9. The summed E-state index contributed by atoms with van der Waals surface area (Å²) < 4.78 is 235. The molecule has 0 saturated carbocycles. The Morgan fingerprint density at radius 3 is 1.09 bits per heavy atom. The van der Waals surface area contributed by atoms with Gasteiger partial charge in [-0.2, -0.15) is 74.6 Å². The first-order chi connectivity index (χ1) is 20.6. The summed E-state index contributed by atoms with van der Waals surface area (Å²) in [6.45, 7) is 3.23. The lowest BCUT2D eigenvalue weighted by Crippen LogP contribution is -2.74. The number of aryl methyl sites for hydroxylation is 2. The van der Waals surface area contributed by atoms with Crippen LogP contribution in [0.2, 0.25) is 0 Å². The summed E-state index contributed by atoms with van der Waals surface area (Å²) in [6, 6.07) is 14.1. The zero-order chi connectivity index (χ0) is 35.5. The Bertz CT molecular complexity index is 1510. The molecule has 0 aromatic heterocycles. The molecule has 18 heteroatoms. The van der Waals surface area contributed by atoms with Crippen molar-refractivity contribution in [3.63, 3.8) is 0 Å². The molecule has 0 bridgehead atoms. The second-order valence-electron chi connectivity index (χ2n) is 10.1. The molecule has 46 heavy (non-hydrogen) atoms. The minimum Gasteiger partial charge on any atom is -0.194 e. The van der Waals surface area contributed by atoms with Crippen LogP contribution in [0.25, 0.3) is 0 Å². The standard InChI is InChI=1S/C28H18F17P/c1-15-6-3-9-18(12-15)46(19-10-4-7-16(2)13-19)20-11-5-8-17(14-20)21(29,30)22(31,32)23(33,34)24(35,36)25(37,38)26(39,40)27(41,42)28(43,44)45/h3-14H,1-2H3. The number of hydrogen-bond donors (Lipinski definition) is 0. The van der Waals surface area contributed by atoms with Crippen LogP contribution < -0.4 is 15.9 Å². The van der Waals surface area contributed by atoms with Crippen molar-refractivity contribution < 1.29 is 74.6 Å². The average molecular weight is 708 g/mol. The van der Waals surface area contributed by atoms with Crippen LogP contribution in [0.1, 0.15) is 16.7 Å². The maximum absolute atomic E-state index is 15.1. The van der Waals surface area contributed by atoms with Crippen LogP contribution >= 0.6 is 7.92 Å². The van der Waals surface area contributed by atoms with Gasteiger partial charge < -0.3 is 0 Å². The van der Waals surface area contributed by atoms with Gasteiger partial charge in [-0.1, -0.05) is 77.9 Å². The summed E-state index contributed by atoms with van der Waals surface area (Å²) in [4.78, 5) is 0. The minimum absolute atomic E-state index is 0.0177. The Morgan fingerprint density at radius 1 is 0.391 bits per heavy atom. The first-order valence-corrected chi connectivity index (χ1v) is 13.7. The molecule has 3 rings (SSSR count). The van der Waals surface area contributed by atoms with Crippen molar-refractivity contribution in [2.45, 2.75) is 61.5 Å². The van der Waals surface area contributed by atoms with E-state index in [1.807, 2.05) is 0 Å². The predicted octanol–water partition coefficient (Wildman–Crippen LogP) is 9.53. The van der Waals surface area contributed by atoms with E-state index in [1.54, 1.807) is 38.1 Å². The first kappa shape index (κ1) is 37.4. The molecular weight excluding hydrogens is 690 g/mol. The molecule has 0 atom stereocenters. The molecule has 0 radical (unpaired) electrons. The van der Waals surface area contributed by atoms with E-state index in [9.17, 15) is 65.9 Å². The Labute approximate surface area is 250 Å². The largest absolute Gasteiger partial charge is 0.460 e. The third-order valence-corrected chi connectivity index (χ3v) is 9.09. The normalized spacial score (nSPS) is 14.6. The third kappa shape index (κ3) is 5.59. The zero-order valence-electron chi connectivity index (χ0n) is 22.8. The molecule has 0 aliphatic rings. The fraction of sp³-hybridized carbons (Fsp3) is 0.357. The quantitative estimate of drug-likeness (QED) is 0.146. The fourth-order valence-corrected chi connectivity index (χ4v) is 6.70. The molecule has 0 fully saturated rings. The third-order valence-electron chi connectivity index (χ3n) is 6.71. The fourth-order valence-electron chi connectivity index (χ4n) is 4.17. The van der Waals surface area contributed by atoms with Gasteiger partial charge in [0, 0.05) is 5.56 Å². The molecule has 0 saturated heterocycles. The van der Waals surface area contributed by atoms with Crippen LogP contribution in [0, 0.1) is 13.8 Å². The second-order valence-corrected chi connectivity index (χ2v) is 12.3. The van der Waals surface area contributed by atoms with E-state index in [-0.39, 0.29) is 17.4 Å². The molecule has 3 aromatic carbocycles. The molecule has 0 N–H and O–H groups in total. The summed E-state index contributed by atoms with van der Waals surface area (Å²) in [7, 11) is -2.01. The highest BCUT2D eigenvalue weighted by Crippen LogP contribution is 2.65. The van der Waals surface area contributed by atoms with Gasteiger partial charge in [0.15, 0.2) is 0 Å². The van der Waals surface area contributed by atoms with E-state index >= 15 is 8.78 Å². The van der Waals surface area contributed by atoms with E-state index in [2.05, 4.69) is 0 Å². The summed E-state index contributed by atoms with van der Waals surface area (Å²) in [6.07, 6.45) is -7.80. The van der Waals surface area contributed by atoms with Crippen molar-refractivity contribution in [1.82, 2.24) is 0 Å². The number of hydrogen-bond acceptors (Lipinski definition) is 0. The predicted molar refractivity (Wildman–Crippen MR) is 134 cm³/mol. The second kappa shape index (κ2) is 11.6. The summed E-state index contributed by atoms with van der Waals surface area (Å²) in [5, 5.41) is 0.435. The molecule has 254 valence electrons. The summed E-state index contributed by atoms with van der Waals surface area (Å²) >= 11 is 0. The number of halogens is 17. The maximum atomic E-state index is 15.1. The lowest BCUT2D eigenvalue weighted by molar-refractivity contribution is -0.462. The van der Waals surface area contributed by atoms with Crippen LogP contribution in [0.15, 0.2) is 72.8 Å². The Morgan fingerprint density at radius 2 is 0.717 bits per heavy atom. The van der Waals surface area contributed by atoms with Gasteiger partial charge in [-0.3, -0.25) is 0 Å². The first-order valence-electron chi connectivity index (χ1n) is 12.3. The van der Waals surface area contributed by atoms with Crippen LogP contribution in [-0.2, 0) is 5.92 Å². The Kier molecular flexibility index (Phi) is 9.38. The maximum Gasteiger partial charge on any atom is 0.460 e. The number of benzene rings is 3. The van der Waals surface area contributed by atoms with Gasteiger partial charge in [0.05, 0.1) is 0 Å². The van der Waals surface area contributed by atoms with Gasteiger partial charge in [-0.15, -0.1) is 0 Å². The SMILES string of the molecule is Cc1cccc(P(c2cccc(C)c2)c2cccc(C(F)(F)C(F)(F)C(F)(F)C(F)(F)C(F)(F)C(F)(F)C(F)(F)C(F)(F)F)c2)c1. The summed E-state index contributed by atoms with van der Waals surface area (Å²) in [5.41, 5.74) is -1.00. The highest BCUT2D eigenvalue weighted by molar-refractivity contribution is 7.79. The molecule has 0 aliphatic carbocycles. The van der Waals surface area contributed by atoms with E-state index in [1.165, 1.54) is 24.3 Å². The molecule has 0 spiro atoms. The highest BCUT2D eigenvalue weighted by Gasteiger charge is 2.95. The van der Waals surface area contributed by atoms with Crippen molar-refractivity contribution in [3.8, 4) is 0 Å². The van der Waals surface area contributed by atoms with Gasteiger partial charge in [0.1, 0.15) is 0 Å². The van der Waals surface area contributed by atoms with Crippen LogP contribution in [0.4, 0.5) is 74.6 Å². The van der Waals surface area contributed by atoms with Crippen molar-refractivity contribution in [2.75, 3.05) is 0 Å². The van der Waals surface area contributed by atoms with E-state index < -0.39 is 61.1 Å². The highest BCUT2D eigenvalue weighted by atomic mass is 31.1. The van der Waals surface area contributed by atoms with Crippen molar-refractivity contribution in [2.24, 2.45) is 0 Å². The van der Waals surface area contributed by atoms with Crippen LogP contribution in [0.5, 0.6) is 0 Å². The molecule has 0 nitrogen and oxygen atoms in total. The van der Waals surface area contributed by atoms with Crippen molar-refractivity contribution >= 4 is 23.8 Å². The minimum atomic E-state index is -8.67. The van der Waals surface area contributed by atoms with Crippen molar-refractivity contribution in [3.05, 3.63) is 89.5 Å². The van der Waals surface area contributed by atoms with E-state index in [0.717, 1.165) is 6.07 Å². The zero-order valence-corrected chi connectivity index (χ0v) is 23.7. The van der Waals surface area contributed by atoms with Gasteiger partial charge in [0.25, 0.3) is 0 Å². The number of alkyl halides is 17. The van der Waals surface area contributed by atoms with Crippen molar-refractivity contribution in [1.29, 1.82) is 0 Å².